The molecule has 7 heteroatoms. The molecule has 1 amide bonds. The van der Waals surface area contributed by atoms with Crippen molar-refractivity contribution >= 4 is 35.2 Å². The fourth-order valence-electron chi connectivity index (χ4n) is 1.40. The summed E-state index contributed by atoms with van der Waals surface area (Å²) in [5.41, 5.74) is 0. The highest BCUT2D eigenvalue weighted by Crippen LogP contribution is 2.24. The quantitative estimate of drug-likeness (QED) is 0.695. The van der Waals surface area contributed by atoms with Gasteiger partial charge in [0.1, 0.15) is 6.04 Å². The molecule has 0 saturated heterocycles. The normalized spacial score (nSPS) is 24.3. The summed E-state index contributed by atoms with van der Waals surface area (Å²) in [6, 6.07) is -0.963. The van der Waals surface area contributed by atoms with E-state index in [0.29, 0.717) is 5.03 Å². The summed E-state index contributed by atoms with van der Waals surface area (Å²) in [5, 5.41) is 21.2. The lowest BCUT2D eigenvalue weighted by atomic mass is 10.1. The number of allylic oxidation sites excluding steroid dienone is 2. The molecule has 0 unspecified atom stereocenters. The van der Waals surface area contributed by atoms with E-state index in [-0.39, 0.29) is 11.0 Å². The van der Waals surface area contributed by atoms with Crippen molar-refractivity contribution in [1.82, 2.24) is 5.32 Å². The molecule has 1 aliphatic rings. The van der Waals surface area contributed by atoms with Crippen molar-refractivity contribution in [2.45, 2.75) is 24.3 Å². The predicted octanol–water partition coefficient (Wildman–Crippen LogP) is 0.731. The molecular formula is C11H14ClNO4S. The number of carboxylic acids is 1. The first-order valence-electron chi connectivity index (χ1n) is 5.25. The molecule has 0 spiro atoms. The van der Waals surface area contributed by atoms with Crippen molar-refractivity contribution in [2.24, 2.45) is 0 Å². The molecule has 0 aromatic heterocycles. The molecule has 18 heavy (non-hydrogen) atoms. The number of hydrogen-bond donors (Lipinski definition) is 3. The summed E-state index contributed by atoms with van der Waals surface area (Å²) < 4.78 is 0. The molecule has 0 saturated carbocycles. The Labute approximate surface area is 114 Å². The van der Waals surface area contributed by atoms with E-state index in [0.717, 1.165) is 0 Å². The number of carboxylic acid groups (broad SMARTS) is 1. The van der Waals surface area contributed by atoms with E-state index < -0.39 is 24.0 Å². The van der Waals surface area contributed by atoms with Crippen molar-refractivity contribution < 1.29 is 19.8 Å². The van der Waals surface area contributed by atoms with Crippen LogP contribution in [0.5, 0.6) is 0 Å². The number of aliphatic hydroxyl groups is 1. The summed E-state index contributed by atoms with van der Waals surface area (Å²) in [6.07, 6.45) is 4.11. The molecule has 0 bridgehead atoms. The molecule has 3 atom stereocenters. The summed E-state index contributed by atoms with van der Waals surface area (Å²) in [4.78, 5) is 21.7. The van der Waals surface area contributed by atoms with Crippen molar-refractivity contribution in [3.8, 4) is 0 Å². The number of halogens is 1. The van der Waals surface area contributed by atoms with E-state index >= 15 is 0 Å². The van der Waals surface area contributed by atoms with Gasteiger partial charge >= 0.3 is 5.97 Å². The first kappa shape index (κ1) is 15.1. The second-order valence-corrected chi connectivity index (χ2v) is 5.44. The smallest absolute Gasteiger partial charge is 0.327 e. The van der Waals surface area contributed by atoms with E-state index in [9.17, 15) is 14.7 Å². The van der Waals surface area contributed by atoms with E-state index in [4.69, 9.17) is 16.7 Å². The summed E-state index contributed by atoms with van der Waals surface area (Å²) in [5.74, 6) is -1.32. The lowest BCUT2D eigenvalue weighted by molar-refractivity contribution is -0.140. The number of nitrogens with one attached hydrogen (secondary N) is 1. The average molecular weight is 292 g/mol. The maximum Gasteiger partial charge on any atom is 0.327 e. The van der Waals surface area contributed by atoms with Gasteiger partial charge in [0, 0.05) is 17.7 Å². The maximum absolute atomic E-state index is 10.9. The van der Waals surface area contributed by atoms with Crippen LogP contribution in [0.3, 0.4) is 0 Å². The van der Waals surface area contributed by atoms with Crippen LogP contribution in [-0.2, 0) is 9.59 Å². The van der Waals surface area contributed by atoms with Gasteiger partial charge in [0.2, 0.25) is 5.91 Å². The zero-order chi connectivity index (χ0) is 13.7. The number of aliphatic hydroxyl groups excluding tert-OH is 1. The van der Waals surface area contributed by atoms with Gasteiger partial charge in [0.05, 0.1) is 11.4 Å². The minimum atomic E-state index is -1.10. The summed E-state index contributed by atoms with van der Waals surface area (Å²) in [6.45, 7) is 1.26. The second kappa shape index (κ2) is 6.82. The molecule has 0 heterocycles. The first-order valence-corrected chi connectivity index (χ1v) is 6.68. The van der Waals surface area contributed by atoms with Crippen LogP contribution in [-0.4, -0.2) is 45.2 Å². The summed E-state index contributed by atoms with van der Waals surface area (Å²) >= 11 is 6.96. The highest BCUT2D eigenvalue weighted by molar-refractivity contribution is 8.00. The van der Waals surface area contributed by atoms with Crippen molar-refractivity contribution in [3.05, 3.63) is 23.3 Å². The topological polar surface area (TPSA) is 86.6 Å². The van der Waals surface area contributed by atoms with Crippen molar-refractivity contribution in [2.75, 3.05) is 5.75 Å². The van der Waals surface area contributed by atoms with E-state index in [1.54, 1.807) is 12.2 Å². The van der Waals surface area contributed by atoms with Crippen molar-refractivity contribution in [3.63, 3.8) is 0 Å². The maximum atomic E-state index is 10.9. The van der Waals surface area contributed by atoms with Gasteiger partial charge in [-0.25, -0.2) is 4.79 Å². The van der Waals surface area contributed by atoms with Gasteiger partial charge in [0.15, 0.2) is 0 Å². The Kier molecular flexibility index (Phi) is 5.71. The Hall–Kier alpha value is -0.980. The zero-order valence-corrected chi connectivity index (χ0v) is 11.2. The van der Waals surface area contributed by atoms with Crippen LogP contribution in [0.2, 0.25) is 0 Å². The van der Waals surface area contributed by atoms with Gasteiger partial charge in [0.25, 0.3) is 0 Å². The monoisotopic (exact) mass is 291 g/mol. The molecule has 0 fully saturated rings. The van der Waals surface area contributed by atoms with E-state index in [1.807, 2.05) is 0 Å². The van der Waals surface area contributed by atoms with Crippen molar-refractivity contribution in [1.29, 1.82) is 0 Å². The van der Waals surface area contributed by atoms with Gasteiger partial charge < -0.3 is 15.5 Å². The second-order valence-electron chi connectivity index (χ2n) is 3.79. The number of hydrogen-bond acceptors (Lipinski definition) is 4. The molecule has 0 aliphatic heterocycles. The van der Waals surface area contributed by atoms with Gasteiger partial charge in [-0.3, -0.25) is 4.79 Å². The number of thioether (sulfide) groups is 1. The molecule has 0 aromatic rings. The Morgan fingerprint density at radius 2 is 2.28 bits per heavy atom. The van der Waals surface area contributed by atoms with E-state index in [2.05, 4.69) is 5.32 Å². The Morgan fingerprint density at radius 1 is 1.61 bits per heavy atom. The molecular weight excluding hydrogens is 278 g/mol. The third-order valence-corrected chi connectivity index (χ3v) is 3.84. The molecule has 5 nitrogen and oxygen atoms in total. The molecule has 1 aliphatic carbocycles. The number of amides is 1. The number of rotatable bonds is 5. The van der Waals surface area contributed by atoms with Crippen LogP contribution < -0.4 is 5.32 Å². The fourth-order valence-corrected chi connectivity index (χ4v) is 2.70. The first-order chi connectivity index (χ1) is 8.40. The largest absolute Gasteiger partial charge is 0.480 e. The van der Waals surface area contributed by atoms with Gasteiger partial charge in [-0.05, 0) is 12.2 Å². The van der Waals surface area contributed by atoms with E-state index in [1.165, 1.54) is 24.8 Å². The van der Waals surface area contributed by atoms with Gasteiger partial charge in [-0.15, -0.1) is 11.8 Å². The Bertz CT molecular complexity index is 397. The van der Waals surface area contributed by atoms with Gasteiger partial charge in [-0.2, -0.15) is 0 Å². The third-order valence-electron chi connectivity index (χ3n) is 2.24. The lowest BCUT2D eigenvalue weighted by Gasteiger charge is -2.21. The zero-order valence-electron chi connectivity index (χ0n) is 9.67. The standard InChI is InChI=1S/C11H14ClNO4S/c1-6(14)13-8(11(16)17)5-18-10-3-2-7(12)4-9(10)15/h2-4,8-10,15H,5H2,1H3,(H,13,14)(H,16,17)/t8-,9-,10-/m0/s1. The van der Waals surface area contributed by atoms with Crippen LogP contribution >= 0.6 is 23.4 Å². The molecule has 3 N–H and O–H groups in total. The SMILES string of the molecule is CC(=O)N[C@@H](CS[C@H]1C=CC(Cl)=C[C@@H]1O)C(=O)O. The van der Waals surface area contributed by atoms with Crippen LogP contribution in [0.4, 0.5) is 0 Å². The van der Waals surface area contributed by atoms with Gasteiger partial charge in [-0.1, -0.05) is 17.7 Å². The molecule has 100 valence electrons. The average Bonchev–Trinajstić information content (AvgIpc) is 2.25. The fraction of sp³-hybridized carbons (Fsp3) is 0.455. The minimum Gasteiger partial charge on any atom is -0.480 e. The molecule has 1 rings (SSSR count). The van der Waals surface area contributed by atoms with Crippen LogP contribution in [0.25, 0.3) is 0 Å². The predicted molar refractivity (Wildman–Crippen MR) is 70.6 cm³/mol. The molecule has 0 radical (unpaired) electrons. The Balaban J connectivity index is 2.50. The third kappa shape index (κ3) is 4.72. The lowest BCUT2D eigenvalue weighted by Crippen LogP contribution is -2.42. The number of aliphatic carboxylic acids is 1. The molecule has 0 aromatic carbocycles. The Morgan fingerprint density at radius 3 is 2.78 bits per heavy atom. The van der Waals surface area contributed by atoms with Crippen LogP contribution in [0.1, 0.15) is 6.92 Å². The number of carbonyl (C=O) groups is 2. The highest BCUT2D eigenvalue weighted by Gasteiger charge is 2.24. The van der Waals surface area contributed by atoms with Crippen LogP contribution in [0, 0.1) is 0 Å². The van der Waals surface area contributed by atoms with Crippen LogP contribution in [0.15, 0.2) is 23.3 Å². The highest BCUT2D eigenvalue weighted by atomic mass is 35.5. The summed E-state index contributed by atoms with van der Waals surface area (Å²) in [7, 11) is 0. The minimum absolute atomic E-state index is 0.173. The number of carbonyl (C=O) groups excluding carboxylic acids is 1.